The quantitative estimate of drug-likeness (QED) is 0.803. The number of nitrogens with zero attached hydrogens (tertiary/aromatic N) is 3. The number of hydrogen-bond acceptors (Lipinski definition) is 5. The zero-order valence-corrected chi connectivity index (χ0v) is 10.3. The molecular formula is C11H17N3O3. The van der Waals surface area contributed by atoms with Crippen LogP contribution >= 0.6 is 0 Å². The summed E-state index contributed by atoms with van der Waals surface area (Å²) in [6.45, 7) is 3.84. The number of rotatable bonds is 6. The summed E-state index contributed by atoms with van der Waals surface area (Å²) in [5, 5.41) is 8.90. The number of ether oxygens (including phenoxy) is 1. The molecule has 1 unspecified atom stereocenters. The van der Waals surface area contributed by atoms with Gasteiger partial charge in [-0.3, -0.25) is 9.78 Å². The summed E-state index contributed by atoms with van der Waals surface area (Å²) < 4.78 is 4.98. The van der Waals surface area contributed by atoms with Crippen molar-refractivity contribution in [3.63, 3.8) is 0 Å². The maximum absolute atomic E-state index is 10.8. The van der Waals surface area contributed by atoms with Crippen LogP contribution in [0.15, 0.2) is 12.4 Å². The minimum absolute atomic E-state index is 0.0764. The Hall–Kier alpha value is -1.85. The first-order valence-electron chi connectivity index (χ1n) is 5.43. The fourth-order valence-corrected chi connectivity index (χ4v) is 1.40. The summed E-state index contributed by atoms with van der Waals surface area (Å²) in [5.74, 6) is -0.00258. The SMILES string of the molecule is CCC(C)N(CC(=O)O)c1cncc(OC)n1. The second-order valence-electron chi connectivity index (χ2n) is 3.70. The standard InChI is InChI=1S/C11H17N3O3/c1-4-8(2)14(7-11(15)16)9-5-12-6-10(13-9)17-3/h5-6,8H,4,7H2,1-3H3,(H,15,16). The van der Waals surface area contributed by atoms with E-state index in [-0.39, 0.29) is 12.6 Å². The Morgan fingerprint density at radius 2 is 2.29 bits per heavy atom. The molecule has 0 amide bonds. The lowest BCUT2D eigenvalue weighted by molar-refractivity contribution is -0.135. The molecule has 0 saturated heterocycles. The van der Waals surface area contributed by atoms with Gasteiger partial charge in [0.25, 0.3) is 0 Å². The van der Waals surface area contributed by atoms with Gasteiger partial charge in [-0.05, 0) is 13.3 Å². The van der Waals surface area contributed by atoms with Crippen LogP contribution in [0.1, 0.15) is 20.3 Å². The van der Waals surface area contributed by atoms with Crippen LogP contribution in [-0.4, -0.2) is 40.7 Å². The molecule has 0 aliphatic heterocycles. The third-order valence-electron chi connectivity index (χ3n) is 2.53. The van der Waals surface area contributed by atoms with E-state index in [1.165, 1.54) is 19.5 Å². The van der Waals surface area contributed by atoms with Gasteiger partial charge in [-0.15, -0.1) is 0 Å². The van der Waals surface area contributed by atoms with Gasteiger partial charge in [0.1, 0.15) is 6.54 Å². The molecule has 0 aromatic carbocycles. The van der Waals surface area contributed by atoms with Gasteiger partial charge in [0.15, 0.2) is 5.82 Å². The highest BCUT2D eigenvalue weighted by Crippen LogP contribution is 2.17. The van der Waals surface area contributed by atoms with E-state index in [9.17, 15) is 4.79 Å². The highest BCUT2D eigenvalue weighted by Gasteiger charge is 2.18. The molecule has 1 rings (SSSR count). The van der Waals surface area contributed by atoms with Crippen LogP contribution in [0, 0.1) is 0 Å². The van der Waals surface area contributed by atoms with E-state index in [1.807, 2.05) is 13.8 Å². The third kappa shape index (κ3) is 3.58. The number of carboxylic acid groups (broad SMARTS) is 1. The molecule has 94 valence electrons. The van der Waals surface area contributed by atoms with Crippen molar-refractivity contribution in [1.29, 1.82) is 0 Å². The first-order valence-corrected chi connectivity index (χ1v) is 5.43. The van der Waals surface area contributed by atoms with E-state index in [1.54, 1.807) is 4.90 Å². The summed E-state index contributed by atoms with van der Waals surface area (Å²) in [6.07, 6.45) is 3.85. The maximum Gasteiger partial charge on any atom is 0.323 e. The molecule has 0 aliphatic carbocycles. The normalized spacial score (nSPS) is 11.9. The molecule has 0 fully saturated rings. The number of aromatic nitrogens is 2. The monoisotopic (exact) mass is 239 g/mol. The van der Waals surface area contributed by atoms with Crippen molar-refractivity contribution < 1.29 is 14.6 Å². The molecule has 1 atom stereocenters. The minimum atomic E-state index is -0.894. The van der Waals surface area contributed by atoms with Crippen LogP contribution in [0.2, 0.25) is 0 Å². The van der Waals surface area contributed by atoms with E-state index in [0.29, 0.717) is 11.7 Å². The topological polar surface area (TPSA) is 75.6 Å². The first-order chi connectivity index (χ1) is 8.08. The fourth-order valence-electron chi connectivity index (χ4n) is 1.40. The lowest BCUT2D eigenvalue weighted by Crippen LogP contribution is -2.37. The van der Waals surface area contributed by atoms with Gasteiger partial charge >= 0.3 is 5.97 Å². The second kappa shape index (κ2) is 6.03. The van der Waals surface area contributed by atoms with E-state index in [4.69, 9.17) is 9.84 Å². The predicted molar refractivity (Wildman–Crippen MR) is 63.3 cm³/mol. The van der Waals surface area contributed by atoms with Crippen molar-refractivity contribution >= 4 is 11.8 Å². The smallest absolute Gasteiger partial charge is 0.323 e. The Balaban J connectivity index is 2.98. The first kappa shape index (κ1) is 13.2. The Morgan fingerprint density at radius 3 is 2.82 bits per heavy atom. The van der Waals surface area contributed by atoms with Crippen molar-refractivity contribution in [3.05, 3.63) is 12.4 Å². The summed E-state index contributed by atoms with van der Waals surface area (Å²) in [6, 6.07) is 0.0764. The molecule has 1 N–H and O–H groups in total. The van der Waals surface area contributed by atoms with E-state index >= 15 is 0 Å². The number of aliphatic carboxylic acids is 1. The van der Waals surface area contributed by atoms with Crippen molar-refractivity contribution in [2.45, 2.75) is 26.3 Å². The molecule has 1 aromatic heterocycles. The Labute approximate surface area is 100 Å². The fraction of sp³-hybridized carbons (Fsp3) is 0.545. The number of methoxy groups -OCH3 is 1. The Kier molecular flexibility index (Phi) is 4.68. The van der Waals surface area contributed by atoms with Gasteiger partial charge < -0.3 is 14.7 Å². The molecule has 6 nitrogen and oxygen atoms in total. The highest BCUT2D eigenvalue weighted by molar-refractivity contribution is 5.73. The molecule has 6 heteroatoms. The van der Waals surface area contributed by atoms with E-state index in [0.717, 1.165) is 6.42 Å². The summed E-state index contributed by atoms with van der Waals surface area (Å²) in [7, 11) is 1.50. The van der Waals surface area contributed by atoms with Crippen LogP contribution in [-0.2, 0) is 4.79 Å². The largest absolute Gasteiger partial charge is 0.480 e. The Morgan fingerprint density at radius 1 is 1.59 bits per heavy atom. The predicted octanol–water partition coefficient (Wildman–Crippen LogP) is 1.17. The van der Waals surface area contributed by atoms with Crippen molar-refractivity contribution in [3.8, 4) is 5.88 Å². The van der Waals surface area contributed by atoms with Crippen LogP contribution in [0.4, 0.5) is 5.82 Å². The van der Waals surface area contributed by atoms with E-state index < -0.39 is 5.97 Å². The molecule has 0 spiro atoms. The van der Waals surface area contributed by atoms with Gasteiger partial charge in [0.05, 0.1) is 19.5 Å². The zero-order chi connectivity index (χ0) is 12.8. The van der Waals surface area contributed by atoms with Gasteiger partial charge in [-0.2, -0.15) is 4.98 Å². The van der Waals surface area contributed by atoms with Gasteiger partial charge in [0, 0.05) is 6.04 Å². The van der Waals surface area contributed by atoms with Crippen molar-refractivity contribution in [1.82, 2.24) is 9.97 Å². The van der Waals surface area contributed by atoms with Crippen LogP contribution in [0.25, 0.3) is 0 Å². The maximum atomic E-state index is 10.8. The summed E-state index contributed by atoms with van der Waals surface area (Å²) >= 11 is 0. The van der Waals surface area contributed by atoms with Crippen molar-refractivity contribution in [2.75, 3.05) is 18.6 Å². The molecule has 1 heterocycles. The van der Waals surface area contributed by atoms with Gasteiger partial charge in [0.2, 0.25) is 5.88 Å². The molecular weight excluding hydrogens is 222 g/mol. The van der Waals surface area contributed by atoms with Crippen LogP contribution in [0.3, 0.4) is 0 Å². The number of anilines is 1. The van der Waals surface area contributed by atoms with Crippen LogP contribution in [0.5, 0.6) is 5.88 Å². The average molecular weight is 239 g/mol. The number of hydrogen-bond donors (Lipinski definition) is 1. The molecule has 0 bridgehead atoms. The zero-order valence-electron chi connectivity index (χ0n) is 10.3. The number of carbonyl (C=O) groups is 1. The summed E-state index contributed by atoms with van der Waals surface area (Å²) in [5.41, 5.74) is 0. The van der Waals surface area contributed by atoms with Crippen molar-refractivity contribution in [2.24, 2.45) is 0 Å². The van der Waals surface area contributed by atoms with Gasteiger partial charge in [-0.1, -0.05) is 6.92 Å². The average Bonchev–Trinajstić information content (AvgIpc) is 2.35. The third-order valence-corrected chi connectivity index (χ3v) is 2.53. The minimum Gasteiger partial charge on any atom is -0.480 e. The highest BCUT2D eigenvalue weighted by atomic mass is 16.5. The lowest BCUT2D eigenvalue weighted by atomic mass is 10.2. The van der Waals surface area contributed by atoms with Gasteiger partial charge in [-0.25, -0.2) is 0 Å². The van der Waals surface area contributed by atoms with E-state index in [2.05, 4.69) is 9.97 Å². The molecule has 0 aliphatic rings. The lowest BCUT2D eigenvalue weighted by Gasteiger charge is -2.27. The molecule has 17 heavy (non-hydrogen) atoms. The Bertz CT molecular complexity index is 384. The molecule has 0 radical (unpaired) electrons. The number of carboxylic acids is 1. The molecule has 1 aromatic rings. The molecule has 0 saturated carbocycles. The van der Waals surface area contributed by atoms with Crippen LogP contribution < -0.4 is 9.64 Å². The second-order valence-corrected chi connectivity index (χ2v) is 3.70. The summed E-state index contributed by atoms with van der Waals surface area (Å²) in [4.78, 5) is 20.7.